The number of imide groups is 2. The summed E-state index contributed by atoms with van der Waals surface area (Å²) in [5, 5.41) is 0. The first-order chi connectivity index (χ1) is 14.6. The maximum absolute atomic E-state index is 13.5. The minimum absolute atomic E-state index is 0.00808. The Morgan fingerprint density at radius 3 is 1.10 bits per heavy atom. The third kappa shape index (κ3) is 2.36. The van der Waals surface area contributed by atoms with Crippen LogP contribution in [0.1, 0.15) is 64.2 Å². The standard InChI is InChI=1S/C24H30N2O4/c27-21-17-15-11-12-16(18(17)22(28)25(21)13-7-3-1-4-8-13)20-19(15)23(29)26(24(20)30)14-9-5-2-6-10-14/h11-20H,1-10H2/t15?,16?,17-,18-,19-,20-/m1/s1. The lowest BCUT2D eigenvalue weighted by Crippen LogP contribution is -2.50. The van der Waals surface area contributed by atoms with Crippen LogP contribution in [0.15, 0.2) is 12.2 Å². The Bertz CT molecular complexity index is 726. The van der Waals surface area contributed by atoms with Gasteiger partial charge in [-0.15, -0.1) is 0 Å². The first kappa shape index (κ1) is 18.8. The van der Waals surface area contributed by atoms with E-state index in [0.717, 1.165) is 64.2 Å². The molecular weight excluding hydrogens is 380 g/mol. The number of likely N-dealkylation sites (tertiary alicyclic amines) is 2. The van der Waals surface area contributed by atoms with Crippen LogP contribution in [0.4, 0.5) is 0 Å². The van der Waals surface area contributed by atoms with Crippen molar-refractivity contribution < 1.29 is 19.2 Å². The van der Waals surface area contributed by atoms with Gasteiger partial charge in [0.2, 0.25) is 23.6 Å². The highest BCUT2D eigenvalue weighted by Gasteiger charge is 2.69. The van der Waals surface area contributed by atoms with E-state index in [4.69, 9.17) is 0 Å². The molecule has 5 aliphatic carbocycles. The van der Waals surface area contributed by atoms with Crippen LogP contribution in [0.5, 0.6) is 0 Å². The maximum Gasteiger partial charge on any atom is 0.233 e. The number of carbonyl (C=O) groups excluding carboxylic acids is 4. The molecule has 6 nitrogen and oxygen atoms in total. The average molecular weight is 411 g/mol. The zero-order chi connectivity index (χ0) is 20.6. The highest BCUT2D eigenvalue weighted by Crippen LogP contribution is 2.58. The van der Waals surface area contributed by atoms with E-state index in [1.54, 1.807) is 9.80 Å². The van der Waals surface area contributed by atoms with Gasteiger partial charge >= 0.3 is 0 Å². The van der Waals surface area contributed by atoms with E-state index in [2.05, 4.69) is 0 Å². The molecular formula is C24H30N2O4. The van der Waals surface area contributed by atoms with Crippen LogP contribution >= 0.6 is 0 Å². The molecule has 160 valence electrons. The molecule has 2 saturated heterocycles. The van der Waals surface area contributed by atoms with Gasteiger partial charge in [0.1, 0.15) is 0 Å². The van der Waals surface area contributed by atoms with Crippen LogP contribution in [-0.2, 0) is 19.2 Å². The van der Waals surface area contributed by atoms with Crippen molar-refractivity contribution in [2.75, 3.05) is 0 Å². The van der Waals surface area contributed by atoms with Crippen LogP contribution < -0.4 is 0 Å². The smallest absolute Gasteiger partial charge is 0.233 e. The Labute approximate surface area is 177 Å². The van der Waals surface area contributed by atoms with Crippen molar-refractivity contribution in [1.29, 1.82) is 0 Å². The van der Waals surface area contributed by atoms with Gasteiger partial charge in [0, 0.05) is 23.9 Å². The first-order valence-electron chi connectivity index (χ1n) is 12.0. The minimum Gasteiger partial charge on any atom is -0.279 e. The SMILES string of the molecule is O=C1[C@@H]2C3C=CC([C@H]2C(=O)N1C1CCCCC1)[C@H]1C(=O)N(C2CCCCC2)C(=O)[C@H]31. The fourth-order valence-electron chi connectivity index (χ4n) is 7.67. The molecule has 30 heavy (non-hydrogen) atoms. The third-order valence-electron chi connectivity index (χ3n) is 8.96. The monoisotopic (exact) mass is 410 g/mol. The highest BCUT2D eigenvalue weighted by molar-refractivity contribution is 6.11. The number of allylic oxidation sites excluding steroid dienone is 2. The Morgan fingerprint density at radius 2 is 0.800 bits per heavy atom. The molecule has 4 atom stereocenters. The zero-order valence-electron chi connectivity index (χ0n) is 17.4. The van der Waals surface area contributed by atoms with Crippen LogP contribution in [0.25, 0.3) is 0 Å². The molecule has 2 heterocycles. The van der Waals surface area contributed by atoms with E-state index in [1.165, 1.54) is 0 Å². The number of carbonyl (C=O) groups is 4. The van der Waals surface area contributed by atoms with Gasteiger partial charge in [-0.2, -0.15) is 0 Å². The van der Waals surface area contributed by atoms with Gasteiger partial charge in [-0.05, 0) is 25.7 Å². The highest BCUT2D eigenvalue weighted by atomic mass is 16.2. The molecule has 6 heteroatoms. The van der Waals surface area contributed by atoms with Crippen molar-refractivity contribution in [2.24, 2.45) is 35.5 Å². The van der Waals surface area contributed by atoms with Crippen LogP contribution in [0, 0.1) is 35.5 Å². The molecule has 0 aromatic heterocycles. The quantitative estimate of drug-likeness (QED) is 0.518. The van der Waals surface area contributed by atoms with Gasteiger partial charge in [-0.3, -0.25) is 29.0 Å². The van der Waals surface area contributed by atoms with Crippen molar-refractivity contribution in [2.45, 2.75) is 76.3 Å². The van der Waals surface area contributed by atoms with E-state index in [-0.39, 0.29) is 47.5 Å². The molecule has 0 aromatic rings. The zero-order valence-corrected chi connectivity index (χ0v) is 17.4. The number of nitrogens with zero attached hydrogens (tertiary/aromatic N) is 2. The molecule has 2 bridgehead atoms. The summed E-state index contributed by atoms with van der Waals surface area (Å²) >= 11 is 0. The fraction of sp³-hybridized carbons (Fsp3) is 0.750. The molecule has 0 spiro atoms. The van der Waals surface area contributed by atoms with E-state index in [1.807, 2.05) is 12.2 Å². The fourth-order valence-corrected chi connectivity index (χ4v) is 7.67. The Kier molecular flexibility index (Phi) is 4.23. The molecule has 7 rings (SSSR count). The largest absolute Gasteiger partial charge is 0.279 e. The second kappa shape index (κ2) is 6.76. The maximum atomic E-state index is 13.5. The van der Waals surface area contributed by atoms with Gasteiger partial charge < -0.3 is 0 Å². The summed E-state index contributed by atoms with van der Waals surface area (Å²) < 4.78 is 0. The predicted octanol–water partition coefficient (Wildman–Crippen LogP) is 2.67. The Balaban J connectivity index is 1.33. The normalized spacial score (nSPS) is 41.7. The van der Waals surface area contributed by atoms with Gasteiger partial charge in [-0.25, -0.2) is 0 Å². The van der Waals surface area contributed by atoms with Gasteiger partial charge in [-0.1, -0.05) is 50.7 Å². The second-order valence-electron chi connectivity index (χ2n) is 10.3. The van der Waals surface area contributed by atoms with E-state index >= 15 is 0 Å². The molecule has 2 aliphatic heterocycles. The molecule has 0 aromatic carbocycles. The Morgan fingerprint density at radius 1 is 0.500 bits per heavy atom. The molecule has 3 saturated carbocycles. The van der Waals surface area contributed by atoms with Gasteiger partial charge in [0.25, 0.3) is 0 Å². The summed E-state index contributed by atoms with van der Waals surface area (Å²) in [5.74, 6) is -2.70. The van der Waals surface area contributed by atoms with Crippen LogP contribution in [0.3, 0.4) is 0 Å². The number of hydrogen-bond acceptors (Lipinski definition) is 4. The molecule has 7 aliphatic rings. The summed E-state index contributed by atoms with van der Waals surface area (Å²) in [4.78, 5) is 56.9. The molecule has 0 radical (unpaired) electrons. The second-order valence-corrected chi connectivity index (χ2v) is 10.3. The molecule has 4 amide bonds. The first-order valence-corrected chi connectivity index (χ1v) is 12.0. The molecule has 0 unspecified atom stereocenters. The topological polar surface area (TPSA) is 74.8 Å². The lowest BCUT2D eigenvalue weighted by atomic mass is 9.54. The summed E-state index contributed by atoms with van der Waals surface area (Å²) in [7, 11) is 0. The summed E-state index contributed by atoms with van der Waals surface area (Å²) in [6.07, 6.45) is 14.1. The van der Waals surface area contributed by atoms with Gasteiger partial charge in [0.15, 0.2) is 0 Å². The van der Waals surface area contributed by atoms with Crippen molar-refractivity contribution in [3.05, 3.63) is 12.2 Å². The summed E-state index contributed by atoms with van der Waals surface area (Å²) in [6, 6.07) is 0.0162. The average Bonchev–Trinajstić information content (AvgIpc) is 3.22. The molecule has 5 fully saturated rings. The lowest BCUT2D eigenvalue weighted by molar-refractivity contribution is -0.143. The van der Waals surface area contributed by atoms with Crippen LogP contribution in [0.2, 0.25) is 0 Å². The number of amides is 4. The lowest BCUT2D eigenvalue weighted by Gasteiger charge is -2.44. The summed E-state index contributed by atoms with van der Waals surface area (Å²) in [6.45, 7) is 0. The number of hydrogen-bond donors (Lipinski definition) is 0. The number of rotatable bonds is 2. The van der Waals surface area contributed by atoms with E-state index in [9.17, 15) is 19.2 Å². The van der Waals surface area contributed by atoms with Crippen molar-refractivity contribution >= 4 is 23.6 Å². The predicted molar refractivity (Wildman–Crippen MR) is 108 cm³/mol. The van der Waals surface area contributed by atoms with E-state index < -0.39 is 23.7 Å². The summed E-state index contributed by atoms with van der Waals surface area (Å²) in [5.41, 5.74) is 0. The van der Waals surface area contributed by atoms with Crippen molar-refractivity contribution in [1.82, 2.24) is 9.80 Å². The van der Waals surface area contributed by atoms with E-state index in [0.29, 0.717) is 0 Å². The van der Waals surface area contributed by atoms with Crippen molar-refractivity contribution in [3.63, 3.8) is 0 Å². The minimum atomic E-state index is -0.446. The Hall–Kier alpha value is -1.98. The van der Waals surface area contributed by atoms with Crippen LogP contribution in [-0.4, -0.2) is 45.5 Å². The van der Waals surface area contributed by atoms with Crippen molar-refractivity contribution in [3.8, 4) is 0 Å². The van der Waals surface area contributed by atoms with Gasteiger partial charge in [0.05, 0.1) is 23.7 Å². The molecule has 0 N–H and O–H groups in total. The third-order valence-corrected chi connectivity index (χ3v) is 8.96.